The number of amides is 1. The Morgan fingerprint density at radius 1 is 1.41 bits per heavy atom. The van der Waals surface area contributed by atoms with Crippen LogP contribution in [0.15, 0.2) is 30.3 Å². The van der Waals surface area contributed by atoms with Gasteiger partial charge in [-0.25, -0.2) is 4.79 Å². The largest absolute Gasteiger partial charge is 0.508 e. The zero-order chi connectivity index (χ0) is 12.5. The molecule has 1 aromatic carbocycles. The Labute approximate surface area is 96.4 Å². The number of carboxylic acid groups (broad SMARTS) is 1. The Balaban J connectivity index is 2.21. The molecule has 0 aliphatic carbocycles. The minimum Gasteiger partial charge on any atom is -0.450 e. The van der Waals surface area contributed by atoms with Crippen LogP contribution >= 0.6 is 0 Å². The van der Waals surface area contributed by atoms with E-state index in [9.17, 15) is 14.0 Å². The van der Waals surface area contributed by atoms with Gasteiger partial charge in [0.15, 0.2) is 0 Å². The second-order valence-electron chi connectivity index (χ2n) is 3.64. The quantitative estimate of drug-likeness (QED) is 0.799. The molecule has 0 unspecified atom stereocenters. The highest BCUT2D eigenvalue weighted by atomic mass is 19.2. The summed E-state index contributed by atoms with van der Waals surface area (Å²) in [6.07, 6.45) is -2.09. The second kappa shape index (κ2) is 4.04. The van der Waals surface area contributed by atoms with Crippen LogP contribution in [0.2, 0.25) is 0 Å². The molecular weight excluding hydrogens is 229 g/mol. The topological polar surface area (TPSA) is 66.8 Å². The van der Waals surface area contributed by atoms with E-state index in [-0.39, 0.29) is 13.0 Å². The maximum atomic E-state index is 13.9. The van der Waals surface area contributed by atoms with Crippen LogP contribution in [0, 0.1) is 0 Å². The van der Waals surface area contributed by atoms with E-state index < -0.39 is 17.9 Å². The van der Waals surface area contributed by atoms with Crippen LogP contribution in [-0.2, 0) is 9.53 Å². The van der Waals surface area contributed by atoms with Crippen molar-refractivity contribution in [2.75, 3.05) is 11.4 Å². The fourth-order valence-corrected chi connectivity index (χ4v) is 1.75. The summed E-state index contributed by atoms with van der Waals surface area (Å²) in [5, 5.41) is 8.38. The molecule has 5 nitrogen and oxygen atoms in total. The first kappa shape index (κ1) is 11.4. The van der Waals surface area contributed by atoms with Crippen molar-refractivity contribution in [3.8, 4) is 0 Å². The van der Waals surface area contributed by atoms with Gasteiger partial charge in [0.2, 0.25) is 0 Å². The Bertz CT molecular complexity index is 450. The number of hydrogen-bond acceptors (Lipinski definition) is 3. The minimum absolute atomic E-state index is 0.0899. The number of anilines is 1. The van der Waals surface area contributed by atoms with Gasteiger partial charge in [-0.1, -0.05) is 18.2 Å². The van der Waals surface area contributed by atoms with E-state index in [1.165, 1.54) is 4.90 Å². The standard InChI is InChI=1S/C11H10FNO4/c12-11(17-10(15)16)6-7-13(9(11)14)8-4-2-1-3-5-8/h1-5H,6-7H2,(H,15,16)/t11-/m1/s1. The first-order valence-corrected chi connectivity index (χ1v) is 5.01. The molecule has 0 radical (unpaired) electrons. The fourth-order valence-electron chi connectivity index (χ4n) is 1.75. The summed E-state index contributed by atoms with van der Waals surface area (Å²) < 4.78 is 17.9. The first-order valence-electron chi connectivity index (χ1n) is 5.01. The summed E-state index contributed by atoms with van der Waals surface area (Å²) in [6, 6.07) is 8.47. The summed E-state index contributed by atoms with van der Waals surface area (Å²) in [5.74, 6) is -3.74. The Morgan fingerprint density at radius 3 is 2.65 bits per heavy atom. The number of rotatable bonds is 2. The number of benzene rings is 1. The summed E-state index contributed by atoms with van der Waals surface area (Å²) in [5.41, 5.74) is 0.519. The third kappa shape index (κ3) is 2.06. The molecular formula is C11H10FNO4. The summed E-state index contributed by atoms with van der Waals surface area (Å²) in [4.78, 5) is 23.2. The van der Waals surface area contributed by atoms with Gasteiger partial charge >= 0.3 is 17.9 Å². The van der Waals surface area contributed by atoms with E-state index in [2.05, 4.69) is 4.74 Å². The molecule has 0 saturated carbocycles. The van der Waals surface area contributed by atoms with Gasteiger partial charge in [-0.3, -0.25) is 4.79 Å². The number of carbonyl (C=O) groups is 2. The average molecular weight is 239 g/mol. The summed E-state index contributed by atoms with van der Waals surface area (Å²) >= 11 is 0. The maximum Gasteiger partial charge on any atom is 0.508 e. The number of halogens is 1. The molecule has 1 fully saturated rings. The number of alkyl halides is 1. The normalized spacial score (nSPS) is 23.8. The third-order valence-corrected chi connectivity index (χ3v) is 2.54. The Hall–Kier alpha value is -2.11. The number of para-hydroxylation sites is 1. The van der Waals surface area contributed by atoms with E-state index in [0.717, 1.165) is 0 Å². The van der Waals surface area contributed by atoms with E-state index in [4.69, 9.17) is 5.11 Å². The van der Waals surface area contributed by atoms with Gasteiger partial charge in [-0.15, -0.1) is 0 Å². The van der Waals surface area contributed by atoms with Gasteiger partial charge in [0.25, 0.3) is 0 Å². The van der Waals surface area contributed by atoms with Gasteiger partial charge in [-0.05, 0) is 12.1 Å². The number of hydrogen-bond donors (Lipinski definition) is 1. The molecule has 6 heteroatoms. The smallest absolute Gasteiger partial charge is 0.450 e. The monoisotopic (exact) mass is 239 g/mol. The molecule has 0 spiro atoms. The van der Waals surface area contributed by atoms with Gasteiger partial charge in [0, 0.05) is 18.7 Å². The zero-order valence-corrected chi connectivity index (χ0v) is 8.80. The molecule has 1 heterocycles. The first-order chi connectivity index (χ1) is 8.03. The third-order valence-electron chi connectivity index (χ3n) is 2.54. The van der Waals surface area contributed by atoms with E-state index >= 15 is 0 Å². The van der Waals surface area contributed by atoms with Crippen LogP contribution in [0.3, 0.4) is 0 Å². The van der Waals surface area contributed by atoms with Gasteiger partial charge in [0.1, 0.15) is 0 Å². The molecule has 2 rings (SSSR count). The van der Waals surface area contributed by atoms with E-state index in [1.807, 2.05) is 0 Å². The molecule has 0 bridgehead atoms. The lowest BCUT2D eigenvalue weighted by Crippen LogP contribution is -2.40. The second-order valence-corrected chi connectivity index (χ2v) is 3.64. The molecule has 1 saturated heterocycles. The van der Waals surface area contributed by atoms with Crippen LogP contribution in [0.4, 0.5) is 14.9 Å². The van der Waals surface area contributed by atoms with Crippen LogP contribution in [-0.4, -0.2) is 29.6 Å². The highest BCUT2D eigenvalue weighted by molar-refractivity contribution is 6.01. The molecule has 17 heavy (non-hydrogen) atoms. The van der Waals surface area contributed by atoms with Crippen molar-refractivity contribution in [2.45, 2.75) is 12.3 Å². The van der Waals surface area contributed by atoms with Crippen molar-refractivity contribution in [1.82, 2.24) is 0 Å². The van der Waals surface area contributed by atoms with Crippen molar-refractivity contribution >= 4 is 17.7 Å². The molecule has 1 aliphatic rings. The number of nitrogens with zero attached hydrogens (tertiary/aromatic N) is 1. The van der Waals surface area contributed by atoms with Crippen LogP contribution in [0.1, 0.15) is 6.42 Å². The van der Waals surface area contributed by atoms with Crippen LogP contribution in [0.5, 0.6) is 0 Å². The van der Waals surface area contributed by atoms with Gasteiger partial charge in [0.05, 0.1) is 0 Å². The zero-order valence-electron chi connectivity index (χ0n) is 8.80. The van der Waals surface area contributed by atoms with Crippen molar-refractivity contribution in [3.05, 3.63) is 30.3 Å². The molecule has 1 atom stereocenters. The summed E-state index contributed by atoms with van der Waals surface area (Å²) in [7, 11) is 0. The molecule has 90 valence electrons. The van der Waals surface area contributed by atoms with E-state index in [0.29, 0.717) is 5.69 Å². The van der Waals surface area contributed by atoms with Crippen molar-refractivity contribution in [2.24, 2.45) is 0 Å². The van der Waals surface area contributed by atoms with Crippen molar-refractivity contribution in [1.29, 1.82) is 0 Å². The van der Waals surface area contributed by atoms with Crippen molar-refractivity contribution < 1.29 is 23.8 Å². The van der Waals surface area contributed by atoms with Gasteiger partial charge in [-0.2, -0.15) is 4.39 Å². The number of ether oxygens (including phenoxy) is 1. The Kier molecular flexibility index (Phi) is 2.71. The van der Waals surface area contributed by atoms with Crippen LogP contribution < -0.4 is 4.90 Å². The predicted molar refractivity (Wildman–Crippen MR) is 56.4 cm³/mol. The molecule has 1 N–H and O–H groups in total. The average Bonchev–Trinajstić information content (AvgIpc) is 2.56. The lowest BCUT2D eigenvalue weighted by atomic mass is 10.2. The maximum absolute atomic E-state index is 13.9. The van der Waals surface area contributed by atoms with E-state index in [1.54, 1.807) is 30.3 Å². The SMILES string of the molecule is O=C(O)O[C@]1(F)CCN(c2ccccc2)C1=O. The fraction of sp³-hybridized carbons (Fsp3) is 0.273. The molecule has 1 aliphatic heterocycles. The lowest BCUT2D eigenvalue weighted by molar-refractivity contribution is -0.155. The van der Waals surface area contributed by atoms with Crippen LogP contribution in [0.25, 0.3) is 0 Å². The number of carbonyl (C=O) groups excluding carboxylic acids is 1. The predicted octanol–water partition coefficient (Wildman–Crippen LogP) is 1.78. The molecule has 0 aromatic heterocycles. The minimum atomic E-state index is -2.76. The lowest BCUT2D eigenvalue weighted by Gasteiger charge is -2.18. The molecule has 1 amide bonds. The Morgan fingerprint density at radius 2 is 2.06 bits per heavy atom. The van der Waals surface area contributed by atoms with Crippen molar-refractivity contribution in [3.63, 3.8) is 0 Å². The highest BCUT2D eigenvalue weighted by Crippen LogP contribution is 2.32. The van der Waals surface area contributed by atoms with Gasteiger partial charge < -0.3 is 14.7 Å². The molecule has 1 aromatic rings. The highest BCUT2D eigenvalue weighted by Gasteiger charge is 2.51. The summed E-state index contributed by atoms with van der Waals surface area (Å²) in [6.45, 7) is 0.0899.